The lowest BCUT2D eigenvalue weighted by Gasteiger charge is -2.55. The lowest BCUT2D eigenvalue weighted by molar-refractivity contribution is -0.178. The number of carbonyl (C=O) groups is 2. The number of nitrogens with one attached hydrogen (secondary N) is 1. The number of esters is 1. The fraction of sp³-hybridized carbons (Fsp3) is 0.905. The smallest absolute Gasteiger partial charge is 0.312 e. The number of carbonyl (C=O) groups excluding carboxylic acids is 2. The molecule has 5 fully saturated rings. The Labute approximate surface area is 151 Å². The summed E-state index contributed by atoms with van der Waals surface area (Å²) in [6, 6.07) is 0.238. The summed E-state index contributed by atoms with van der Waals surface area (Å²) in [4.78, 5) is 25.5. The Morgan fingerprint density at radius 1 is 1.00 bits per heavy atom. The van der Waals surface area contributed by atoms with Gasteiger partial charge in [-0.3, -0.25) is 9.59 Å². The Morgan fingerprint density at radius 3 is 2.12 bits per heavy atom. The van der Waals surface area contributed by atoms with Gasteiger partial charge < -0.3 is 10.1 Å². The first-order valence-corrected chi connectivity index (χ1v) is 10.5. The van der Waals surface area contributed by atoms with Crippen molar-refractivity contribution in [2.24, 2.45) is 29.1 Å². The Kier molecular flexibility index (Phi) is 4.57. The van der Waals surface area contributed by atoms with Crippen LogP contribution in [0.2, 0.25) is 0 Å². The third kappa shape index (κ3) is 3.33. The van der Waals surface area contributed by atoms with E-state index >= 15 is 0 Å². The Morgan fingerprint density at radius 2 is 1.56 bits per heavy atom. The average Bonchev–Trinajstić information content (AvgIpc) is 2.55. The largest absolute Gasteiger partial charge is 0.452 e. The first-order chi connectivity index (χ1) is 11.9. The van der Waals surface area contributed by atoms with E-state index < -0.39 is 6.10 Å². The summed E-state index contributed by atoms with van der Waals surface area (Å²) in [7, 11) is 0. The van der Waals surface area contributed by atoms with Crippen LogP contribution in [0.15, 0.2) is 0 Å². The second kappa shape index (κ2) is 6.59. The second-order valence-corrected chi connectivity index (χ2v) is 9.62. The summed E-state index contributed by atoms with van der Waals surface area (Å²) in [5, 5.41) is 3.13. The second-order valence-electron chi connectivity index (χ2n) is 9.62. The maximum Gasteiger partial charge on any atom is 0.312 e. The first kappa shape index (κ1) is 17.4. The topological polar surface area (TPSA) is 55.4 Å². The van der Waals surface area contributed by atoms with Gasteiger partial charge in [0.2, 0.25) is 0 Å². The molecule has 0 aromatic heterocycles. The van der Waals surface area contributed by atoms with E-state index in [1.54, 1.807) is 6.92 Å². The predicted octanol–water partition coefficient (Wildman–Crippen LogP) is 3.83. The molecule has 140 valence electrons. The standard InChI is InChI=1S/C21H33NO3/c1-13-5-3-4-6-18(13)22-19(23)14(2)25-20(24)21-10-15-7-16(11-21)9-17(8-15)12-21/h13-18H,3-12H2,1-2H3,(H,22,23)/t13-,14-,15?,16?,17?,18-,21?/m1/s1. The third-order valence-electron chi connectivity index (χ3n) is 7.56. The number of ether oxygens (including phenoxy) is 1. The number of hydrogen-bond acceptors (Lipinski definition) is 3. The van der Waals surface area contributed by atoms with Crippen LogP contribution in [0, 0.1) is 29.1 Å². The van der Waals surface area contributed by atoms with Crippen LogP contribution in [0.4, 0.5) is 0 Å². The summed E-state index contributed by atoms with van der Waals surface area (Å²) in [6.45, 7) is 3.94. The maximum atomic E-state index is 13.0. The summed E-state index contributed by atoms with van der Waals surface area (Å²) >= 11 is 0. The maximum absolute atomic E-state index is 13.0. The molecule has 4 bridgehead atoms. The predicted molar refractivity (Wildman–Crippen MR) is 95.7 cm³/mol. The normalized spacial score (nSPS) is 43.5. The third-order valence-corrected chi connectivity index (χ3v) is 7.56. The van der Waals surface area contributed by atoms with Crippen molar-refractivity contribution in [1.82, 2.24) is 5.32 Å². The zero-order valence-corrected chi connectivity index (χ0v) is 15.8. The minimum atomic E-state index is -0.672. The molecule has 0 aliphatic heterocycles. The zero-order chi connectivity index (χ0) is 17.6. The highest BCUT2D eigenvalue weighted by molar-refractivity contribution is 5.85. The molecule has 0 spiro atoms. The van der Waals surface area contributed by atoms with Gasteiger partial charge in [-0.25, -0.2) is 0 Å². The number of amides is 1. The van der Waals surface area contributed by atoms with Gasteiger partial charge in [-0.15, -0.1) is 0 Å². The van der Waals surface area contributed by atoms with Crippen molar-refractivity contribution in [2.45, 2.75) is 90.2 Å². The molecule has 0 heterocycles. The minimum absolute atomic E-state index is 0.0917. The van der Waals surface area contributed by atoms with E-state index in [1.165, 1.54) is 38.5 Å². The molecular formula is C21H33NO3. The van der Waals surface area contributed by atoms with Gasteiger partial charge in [-0.2, -0.15) is 0 Å². The van der Waals surface area contributed by atoms with E-state index in [1.807, 2.05) is 0 Å². The lowest BCUT2D eigenvalue weighted by Crippen LogP contribution is -2.52. The van der Waals surface area contributed by atoms with Crippen LogP contribution in [0.3, 0.4) is 0 Å². The average molecular weight is 347 g/mol. The summed E-state index contributed by atoms with van der Waals surface area (Å²) < 4.78 is 5.72. The van der Waals surface area contributed by atoms with Crippen molar-refractivity contribution < 1.29 is 14.3 Å². The van der Waals surface area contributed by atoms with E-state index in [0.717, 1.165) is 25.7 Å². The molecule has 4 nitrogen and oxygen atoms in total. The highest BCUT2D eigenvalue weighted by Gasteiger charge is 2.55. The molecule has 0 aromatic rings. The van der Waals surface area contributed by atoms with Gasteiger partial charge in [0.1, 0.15) is 0 Å². The monoisotopic (exact) mass is 347 g/mol. The van der Waals surface area contributed by atoms with Crippen molar-refractivity contribution in [3.63, 3.8) is 0 Å². The summed E-state index contributed by atoms with van der Waals surface area (Å²) in [5.74, 6) is 2.45. The minimum Gasteiger partial charge on any atom is -0.452 e. The molecular weight excluding hydrogens is 314 g/mol. The fourth-order valence-electron chi connectivity index (χ4n) is 6.53. The van der Waals surface area contributed by atoms with Crippen LogP contribution in [0.5, 0.6) is 0 Å². The molecule has 5 aliphatic rings. The Bertz CT molecular complexity index is 508. The van der Waals surface area contributed by atoms with Gasteiger partial charge >= 0.3 is 5.97 Å². The molecule has 1 amide bonds. The van der Waals surface area contributed by atoms with Gasteiger partial charge in [-0.05, 0) is 82.0 Å². The van der Waals surface area contributed by atoms with Crippen LogP contribution >= 0.6 is 0 Å². The van der Waals surface area contributed by atoms with Crippen LogP contribution in [-0.2, 0) is 14.3 Å². The van der Waals surface area contributed by atoms with Crippen molar-refractivity contribution >= 4 is 11.9 Å². The number of hydrogen-bond donors (Lipinski definition) is 1. The fourth-order valence-corrected chi connectivity index (χ4v) is 6.53. The van der Waals surface area contributed by atoms with Crippen LogP contribution < -0.4 is 5.32 Å². The van der Waals surface area contributed by atoms with E-state index in [0.29, 0.717) is 23.7 Å². The van der Waals surface area contributed by atoms with Crippen molar-refractivity contribution in [2.75, 3.05) is 0 Å². The first-order valence-electron chi connectivity index (χ1n) is 10.5. The SMILES string of the molecule is C[C@@H]1CCCC[C@H]1NC(=O)[C@@H](C)OC(=O)C12CC3CC(CC(C3)C1)C2. The lowest BCUT2D eigenvalue weighted by atomic mass is 9.49. The highest BCUT2D eigenvalue weighted by Crippen LogP contribution is 2.60. The van der Waals surface area contributed by atoms with Gasteiger partial charge in [0.25, 0.3) is 5.91 Å². The van der Waals surface area contributed by atoms with E-state index in [-0.39, 0.29) is 23.3 Å². The Hall–Kier alpha value is -1.06. The molecule has 5 rings (SSSR count). The molecule has 0 aromatic carbocycles. The van der Waals surface area contributed by atoms with Crippen molar-refractivity contribution in [3.8, 4) is 0 Å². The van der Waals surface area contributed by atoms with Gasteiger partial charge in [-0.1, -0.05) is 19.8 Å². The Balaban J connectivity index is 1.35. The summed E-state index contributed by atoms with van der Waals surface area (Å²) in [6.07, 6.45) is 10.9. The highest BCUT2D eigenvalue weighted by atomic mass is 16.5. The molecule has 0 unspecified atom stereocenters. The van der Waals surface area contributed by atoms with E-state index in [4.69, 9.17) is 4.74 Å². The molecule has 1 N–H and O–H groups in total. The zero-order valence-electron chi connectivity index (χ0n) is 15.8. The molecule has 5 saturated carbocycles. The molecule has 5 aliphatic carbocycles. The van der Waals surface area contributed by atoms with Gasteiger partial charge in [0, 0.05) is 6.04 Å². The van der Waals surface area contributed by atoms with Crippen LogP contribution in [0.1, 0.15) is 78.1 Å². The summed E-state index contributed by atoms with van der Waals surface area (Å²) in [5.41, 5.74) is -0.276. The molecule has 0 radical (unpaired) electrons. The van der Waals surface area contributed by atoms with Gasteiger partial charge in [0.15, 0.2) is 6.10 Å². The van der Waals surface area contributed by atoms with Crippen LogP contribution in [-0.4, -0.2) is 24.0 Å². The molecule has 4 heteroatoms. The van der Waals surface area contributed by atoms with Gasteiger partial charge in [0.05, 0.1) is 5.41 Å². The molecule has 3 atom stereocenters. The van der Waals surface area contributed by atoms with Crippen molar-refractivity contribution in [3.05, 3.63) is 0 Å². The van der Waals surface area contributed by atoms with E-state index in [2.05, 4.69) is 12.2 Å². The van der Waals surface area contributed by atoms with E-state index in [9.17, 15) is 9.59 Å². The van der Waals surface area contributed by atoms with Crippen LogP contribution in [0.25, 0.3) is 0 Å². The molecule has 25 heavy (non-hydrogen) atoms. The quantitative estimate of drug-likeness (QED) is 0.786. The number of rotatable bonds is 4. The molecule has 0 saturated heterocycles. The van der Waals surface area contributed by atoms with Crippen molar-refractivity contribution in [1.29, 1.82) is 0 Å².